The van der Waals surface area contributed by atoms with Crippen molar-refractivity contribution in [2.45, 2.75) is 64.6 Å². The molecule has 3 aromatic rings. The predicted octanol–water partition coefficient (Wildman–Crippen LogP) is 4.41. The lowest BCUT2D eigenvalue weighted by Gasteiger charge is -2.18. The fourth-order valence-electron chi connectivity index (χ4n) is 3.33. The van der Waals surface area contributed by atoms with Crippen LogP contribution in [0.2, 0.25) is 0 Å². The number of nitrogens with one attached hydrogen (secondary N) is 1. The number of aromatic nitrogens is 2. The van der Waals surface area contributed by atoms with Gasteiger partial charge in [0.1, 0.15) is 4.70 Å². The number of amides is 1. The Kier molecular flexibility index (Phi) is 9.10. The van der Waals surface area contributed by atoms with Gasteiger partial charge < -0.3 is 14.8 Å². The van der Waals surface area contributed by atoms with Crippen LogP contribution in [-0.2, 0) is 20.8 Å². The molecular weight excluding hydrogens is 446 g/mol. The Morgan fingerprint density at radius 1 is 1.22 bits per heavy atom. The van der Waals surface area contributed by atoms with Gasteiger partial charge in [0.2, 0.25) is 5.91 Å². The Hall–Kier alpha value is -1.94. The van der Waals surface area contributed by atoms with Gasteiger partial charge >= 0.3 is 0 Å². The normalized spacial score (nSPS) is 12.7. The maximum Gasteiger partial charge on any atom is 0.272 e. The molecule has 0 aliphatic rings. The van der Waals surface area contributed by atoms with E-state index in [-0.39, 0.29) is 29.6 Å². The minimum absolute atomic E-state index is 0.0677. The molecule has 0 aliphatic carbocycles. The fourth-order valence-corrected chi connectivity index (χ4v) is 5.25. The topological polar surface area (TPSA) is 82.5 Å². The van der Waals surface area contributed by atoms with Crippen LogP contribution in [0.3, 0.4) is 0 Å². The van der Waals surface area contributed by atoms with Crippen LogP contribution in [0.5, 0.6) is 0 Å². The zero-order valence-electron chi connectivity index (χ0n) is 19.1. The second kappa shape index (κ2) is 11.8. The van der Waals surface area contributed by atoms with Crippen molar-refractivity contribution in [2.24, 2.45) is 0 Å². The SMILES string of the molecule is CCOC(CCn1c(SCC(=O)NC(C)CC)nc2c(sc3ccccc32)c1=O)OCC. The number of ether oxygens (including phenoxy) is 2. The third-order valence-electron chi connectivity index (χ3n) is 5.09. The zero-order valence-corrected chi connectivity index (χ0v) is 20.7. The number of rotatable bonds is 12. The highest BCUT2D eigenvalue weighted by atomic mass is 32.2. The van der Waals surface area contributed by atoms with E-state index in [9.17, 15) is 9.59 Å². The van der Waals surface area contributed by atoms with E-state index in [0.717, 1.165) is 16.5 Å². The van der Waals surface area contributed by atoms with Crippen LogP contribution in [0.1, 0.15) is 40.5 Å². The molecule has 9 heteroatoms. The molecule has 174 valence electrons. The standard InChI is InChI=1S/C23H31N3O4S2/c1-5-15(4)24-18(27)14-31-23-25-20-16-10-8-9-11-17(16)32-21(20)22(28)26(23)13-12-19(29-6-2)30-7-3/h8-11,15,19H,5-7,12-14H2,1-4H3,(H,24,27). The summed E-state index contributed by atoms with van der Waals surface area (Å²) in [7, 11) is 0. The summed E-state index contributed by atoms with van der Waals surface area (Å²) in [4.78, 5) is 30.7. The first kappa shape index (κ1) is 24.7. The number of thiophene rings is 1. The third-order valence-corrected chi connectivity index (χ3v) is 7.22. The first-order valence-electron chi connectivity index (χ1n) is 11.1. The smallest absolute Gasteiger partial charge is 0.272 e. The highest BCUT2D eigenvalue weighted by Crippen LogP contribution is 2.31. The van der Waals surface area contributed by atoms with Gasteiger partial charge in [-0.25, -0.2) is 4.98 Å². The molecular formula is C23H31N3O4S2. The van der Waals surface area contributed by atoms with Gasteiger partial charge in [-0.05, 0) is 33.3 Å². The fraction of sp³-hybridized carbons (Fsp3) is 0.522. The minimum Gasteiger partial charge on any atom is -0.353 e. The summed E-state index contributed by atoms with van der Waals surface area (Å²) in [5.41, 5.74) is 0.607. The van der Waals surface area contributed by atoms with Crippen molar-refractivity contribution >= 4 is 49.3 Å². The number of benzene rings is 1. The first-order valence-corrected chi connectivity index (χ1v) is 12.9. The summed E-state index contributed by atoms with van der Waals surface area (Å²) >= 11 is 2.74. The van der Waals surface area contributed by atoms with Crippen LogP contribution >= 0.6 is 23.1 Å². The highest BCUT2D eigenvalue weighted by Gasteiger charge is 2.19. The molecule has 1 atom stereocenters. The van der Waals surface area contributed by atoms with E-state index in [1.807, 2.05) is 52.0 Å². The van der Waals surface area contributed by atoms with Crippen LogP contribution in [0.25, 0.3) is 20.3 Å². The Bertz CT molecular complexity index is 1110. The van der Waals surface area contributed by atoms with Gasteiger partial charge in [0.15, 0.2) is 11.4 Å². The summed E-state index contributed by atoms with van der Waals surface area (Å²) in [6.07, 6.45) is 0.996. The molecule has 1 amide bonds. The monoisotopic (exact) mass is 477 g/mol. The molecule has 2 aromatic heterocycles. The Morgan fingerprint density at radius 3 is 2.62 bits per heavy atom. The van der Waals surface area contributed by atoms with Crippen molar-refractivity contribution < 1.29 is 14.3 Å². The van der Waals surface area contributed by atoms with E-state index < -0.39 is 0 Å². The molecule has 0 spiro atoms. The van der Waals surface area contributed by atoms with Gasteiger partial charge in [0, 0.05) is 42.3 Å². The van der Waals surface area contributed by atoms with Crippen molar-refractivity contribution in [1.82, 2.24) is 14.9 Å². The summed E-state index contributed by atoms with van der Waals surface area (Å²) in [6, 6.07) is 8.00. The van der Waals surface area contributed by atoms with Crippen molar-refractivity contribution in [3.05, 3.63) is 34.6 Å². The highest BCUT2D eigenvalue weighted by molar-refractivity contribution is 7.99. The summed E-state index contributed by atoms with van der Waals surface area (Å²) in [6.45, 7) is 9.30. The number of hydrogen-bond donors (Lipinski definition) is 1. The van der Waals surface area contributed by atoms with Crippen LogP contribution in [0, 0.1) is 0 Å². The van der Waals surface area contributed by atoms with Crippen molar-refractivity contribution in [3.8, 4) is 0 Å². The largest absolute Gasteiger partial charge is 0.353 e. The van der Waals surface area contributed by atoms with Crippen molar-refractivity contribution in [1.29, 1.82) is 0 Å². The summed E-state index contributed by atoms with van der Waals surface area (Å²) in [5, 5.41) is 4.47. The summed E-state index contributed by atoms with van der Waals surface area (Å²) in [5.74, 6) is 0.131. The number of thioether (sulfide) groups is 1. The van der Waals surface area contributed by atoms with Crippen LogP contribution in [-0.4, -0.2) is 46.8 Å². The van der Waals surface area contributed by atoms with Gasteiger partial charge in [-0.1, -0.05) is 36.9 Å². The van der Waals surface area contributed by atoms with E-state index in [1.54, 1.807) is 4.57 Å². The number of hydrogen-bond acceptors (Lipinski definition) is 7. The second-order valence-electron chi connectivity index (χ2n) is 7.42. The van der Waals surface area contributed by atoms with E-state index in [2.05, 4.69) is 5.32 Å². The molecule has 32 heavy (non-hydrogen) atoms. The number of carbonyl (C=O) groups excluding carboxylic acids is 1. The molecule has 0 bridgehead atoms. The lowest BCUT2D eigenvalue weighted by Crippen LogP contribution is -2.33. The van der Waals surface area contributed by atoms with Gasteiger partial charge in [0.25, 0.3) is 5.56 Å². The van der Waals surface area contributed by atoms with Gasteiger partial charge in [-0.15, -0.1) is 11.3 Å². The molecule has 0 aliphatic heterocycles. The average Bonchev–Trinajstić information content (AvgIpc) is 3.16. The van der Waals surface area contributed by atoms with Crippen LogP contribution in [0.15, 0.2) is 34.2 Å². The Labute approximate surface area is 196 Å². The van der Waals surface area contributed by atoms with Gasteiger partial charge in [-0.3, -0.25) is 14.2 Å². The number of carbonyl (C=O) groups is 1. The lowest BCUT2D eigenvalue weighted by atomic mass is 10.2. The lowest BCUT2D eigenvalue weighted by molar-refractivity contribution is -0.141. The molecule has 0 radical (unpaired) electrons. The second-order valence-corrected chi connectivity index (χ2v) is 9.42. The minimum atomic E-state index is -0.387. The Morgan fingerprint density at radius 2 is 1.94 bits per heavy atom. The number of nitrogens with zero attached hydrogens (tertiary/aromatic N) is 2. The first-order chi connectivity index (χ1) is 15.5. The van der Waals surface area contributed by atoms with Gasteiger partial charge in [0.05, 0.1) is 11.3 Å². The van der Waals surface area contributed by atoms with E-state index in [0.29, 0.717) is 41.6 Å². The third kappa shape index (κ3) is 5.89. The summed E-state index contributed by atoms with van der Waals surface area (Å²) < 4.78 is 14.6. The molecule has 1 aromatic carbocycles. The maximum atomic E-state index is 13.5. The van der Waals surface area contributed by atoms with E-state index >= 15 is 0 Å². The van der Waals surface area contributed by atoms with Crippen molar-refractivity contribution in [3.63, 3.8) is 0 Å². The number of fused-ring (bicyclic) bond motifs is 3. The molecule has 3 rings (SSSR count). The molecule has 7 nitrogen and oxygen atoms in total. The van der Waals surface area contributed by atoms with E-state index in [1.165, 1.54) is 23.1 Å². The van der Waals surface area contributed by atoms with Crippen LogP contribution < -0.4 is 10.9 Å². The molecule has 1 N–H and O–H groups in total. The van der Waals surface area contributed by atoms with E-state index in [4.69, 9.17) is 14.5 Å². The molecule has 2 heterocycles. The van der Waals surface area contributed by atoms with Crippen molar-refractivity contribution in [2.75, 3.05) is 19.0 Å². The average molecular weight is 478 g/mol. The molecule has 1 unspecified atom stereocenters. The van der Waals surface area contributed by atoms with Gasteiger partial charge in [-0.2, -0.15) is 0 Å². The molecule has 0 fully saturated rings. The predicted molar refractivity (Wildman–Crippen MR) is 132 cm³/mol. The Balaban J connectivity index is 1.95. The quantitative estimate of drug-likeness (QED) is 0.236. The molecule has 0 saturated heterocycles. The maximum absolute atomic E-state index is 13.5. The van der Waals surface area contributed by atoms with Crippen LogP contribution in [0.4, 0.5) is 0 Å². The zero-order chi connectivity index (χ0) is 23.1. The molecule has 0 saturated carbocycles.